The van der Waals surface area contributed by atoms with Gasteiger partial charge in [0.15, 0.2) is 5.16 Å². The SMILES string of the molecule is Cc1cc(CSc2ncc(-c3ccccc3)n2C2CC2)no1. The molecule has 0 N–H and O–H groups in total. The highest BCUT2D eigenvalue weighted by Crippen LogP contribution is 2.42. The molecule has 3 aromatic rings. The number of aryl methyl sites for hydroxylation is 1. The highest BCUT2D eigenvalue weighted by Gasteiger charge is 2.29. The van der Waals surface area contributed by atoms with Crippen molar-refractivity contribution in [2.45, 2.75) is 36.7 Å². The predicted octanol–water partition coefficient (Wildman–Crippen LogP) is 4.47. The van der Waals surface area contributed by atoms with Gasteiger partial charge in [-0.1, -0.05) is 47.3 Å². The summed E-state index contributed by atoms with van der Waals surface area (Å²) in [6.07, 6.45) is 4.48. The summed E-state index contributed by atoms with van der Waals surface area (Å²) in [6, 6.07) is 13.1. The van der Waals surface area contributed by atoms with Crippen LogP contribution in [0.25, 0.3) is 11.3 Å². The van der Waals surface area contributed by atoms with E-state index >= 15 is 0 Å². The van der Waals surface area contributed by atoms with Crippen LogP contribution in [0.4, 0.5) is 0 Å². The van der Waals surface area contributed by atoms with E-state index < -0.39 is 0 Å². The van der Waals surface area contributed by atoms with Crippen LogP contribution in [0.1, 0.15) is 30.3 Å². The second-order valence-corrected chi connectivity index (χ2v) is 6.55. The molecule has 4 rings (SSSR count). The largest absolute Gasteiger partial charge is 0.361 e. The summed E-state index contributed by atoms with van der Waals surface area (Å²) in [6.45, 7) is 1.92. The molecule has 0 saturated heterocycles. The summed E-state index contributed by atoms with van der Waals surface area (Å²) in [5.41, 5.74) is 3.40. The molecule has 4 nitrogen and oxygen atoms in total. The van der Waals surface area contributed by atoms with Gasteiger partial charge in [-0.3, -0.25) is 0 Å². The molecule has 0 spiro atoms. The Kier molecular flexibility index (Phi) is 3.50. The Hall–Kier alpha value is -2.01. The zero-order valence-corrected chi connectivity index (χ0v) is 13.2. The highest BCUT2D eigenvalue weighted by molar-refractivity contribution is 7.98. The molecule has 2 aromatic heterocycles. The number of benzene rings is 1. The normalized spacial score (nSPS) is 14.4. The van der Waals surface area contributed by atoms with E-state index in [1.807, 2.05) is 25.3 Å². The molecule has 0 bridgehead atoms. The van der Waals surface area contributed by atoms with Crippen LogP contribution >= 0.6 is 11.8 Å². The molecule has 0 radical (unpaired) electrons. The summed E-state index contributed by atoms with van der Waals surface area (Å²) in [5.74, 6) is 1.64. The van der Waals surface area contributed by atoms with Crippen molar-refractivity contribution < 1.29 is 4.52 Å². The third-order valence-electron chi connectivity index (χ3n) is 3.77. The van der Waals surface area contributed by atoms with Crippen LogP contribution in [0.15, 0.2) is 52.3 Å². The van der Waals surface area contributed by atoms with Crippen LogP contribution in [0, 0.1) is 6.92 Å². The van der Waals surface area contributed by atoms with Crippen molar-refractivity contribution in [2.75, 3.05) is 0 Å². The summed E-state index contributed by atoms with van der Waals surface area (Å²) in [7, 11) is 0. The van der Waals surface area contributed by atoms with Gasteiger partial charge in [-0.2, -0.15) is 0 Å². The van der Waals surface area contributed by atoms with Crippen LogP contribution in [0.2, 0.25) is 0 Å². The van der Waals surface area contributed by atoms with Crippen molar-refractivity contribution in [3.63, 3.8) is 0 Å². The Labute approximate surface area is 133 Å². The first-order chi connectivity index (χ1) is 10.8. The molecule has 1 aliphatic carbocycles. The van der Waals surface area contributed by atoms with E-state index in [1.165, 1.54) is 24.1 Å². The van der Waals surface area contributed by atoms with Crippen molar-refractivity contribution in [1.29, 1.82) is 0 Å². The van der Waals surface area contributed by atoms with Gasteiger partial charge in [0.1, 0.15) is 5.76 Å². The molecular formula is C17H17N3OS. The molecule has 0 atom stereocenters. The molecule has 1 aromatic carbocycles. The highest BCUT2D eigenvalue weighted by atomic mass is 32.2. The molecule has 0 amide bonds. The quantitative estimate of drug-likeness (QED) is 0.652. The first-order valence-electron chi connectivity index (χ1n) is 7.49. The Morgan fingerprint density at radius 1 is 1.27 bits per heavy atom. The van der Waals surface area contributed by atoms with Gasteiger partial charge >= 0.3 is 0 Å². The summed E-state index contributed by atoms with van der Waals surface area (Å²) in [4.78, 5) is 4.64. The number of nitrogens with zero attached hydrogens (tertiary/aromatic N) is 3. The van der Waals surface area contributed by atoms with Crippen molar-refractivity contribution in [3.05, 3.63) is 54.0 Å². The maximum Gasteiger partial charge on any atom is 0.169 e. The van der Waals surface area contributed by atoms with Gasteiger partial charge in [0, 0.05) is 17.9 Å². The molecule has 0 unspecified atom stereocenters. The van der Waals surface area contributed by atoms with Crippen LogP contribution in [-0.4, -0.2) is 14.7 Å². The van der Waals surface area contributed by atoms with Gasteiger partial charge in [0.2, 0.25) is 0 Å². The zero-order valence-electron chi connectivity index (χ0n) is 12.4. The standard InChI is InChI=1S/C17H17N3OS/c1-12-9-14(19-21-12)11-22-17-18-10-16(20(17)15-7-8-15)13-5-3-2-4-6-13/h2-6,9-10,15H,7-8,11H2,1H3. The monoisotopic (exact) mass is 311 g/mol. The average molecular weight is 311 g/mol. The van der Waals surface area contributed by atoms with Gasteiger partial charge in [0.25, 0.3) is 0 Å². The van der Waals surface area contributed by atoms with Crippen LogP contribution < -0.4 is 0 Å². The summed E-state index contributed by atoms with van der Waals surface area (Å²) < 4.78 is 7.51. The Morgan fingerprint density at radius 3 is 2.77 bits per heavy atom. The fourth-order valence-electron chi connectivity index (χ4n) is 2.58. The van der Waals surface area contributed by atoms with Gasteiger partial charge in [-0.05, 0) is 25.3 Å². The molecule has 22 heavy (non-hydrogen) atoms. The zero-order chi connectivity index (χ0) is 14.9. The Bertz CT molecular complexity index is 774. The third kappa shape index (κ3) is 2.68. The van der Waals surface area contributed by atoms with E-state index in [-0.39, 0.29) is 0 Å². The number of hydrogen-bond acceptors (Lipinski definition) is 4. The molecule has 1 fully saturated rings. The number of rotatable bonds is 5. The van der Waals surface area contributed by atoms with E-state index in [0.717, 1.165) is 22.4 Å². The lowest BCUT2D eigenvalue weighted by molar-refractivity contribution is 0.393. The lowest BCUT2D eigenvalue weighted by Crippen LogP contribution is -1.99. The first-order valence-corrected chi connectivity index (χ1v) is 8.47. The van der Waals surface area contributed by atoms with E-state index in [0.29, 0.717) is 6.04 Å². The number of thioether (sulfide) groups is 1. The maximum absolute atomic E-state index is 5.13. The maximum atomic E-state index is 5.13. The van der Waals surface area contributed by atoms with E-state index in [9.17, 15) is 0 Å². The second-order valence-electron chi connectivity index (χ2n) is 5.61. The molecular weight excluding hydrogens is 294 g/mol. The van der Waals surface area contributed by atoms with Gasteiger partial charge < -0.3 is 9.09 Å². The minimum Gasteiger partial charge on any atom is -0.361 e. The molecule has 0 aliphatic heterocycles. The minimum absolute atomic E-state index is 0.597. The molecule has 1 saturated carbocycles. The van der Waals surface area contributed by atoms with Gasteiger partial charge in [-0.15, -0.1) is 0 Å². The number of imidazole rings is 1. The van der Waals surface area contributed by atoms with Crippen molar-refractivity contribution in [1.82, 2.24) is 14.7 Å². The summed E-state index contributed by atoms with van der Waals surface area (Å²) in [5, 5.41) is 5.12. The summed E-state index contributed by atoms with van der Waals surface area (Å²) >= 11 is 1.73. The molecule has 1 aliphatic rings. The predicted molar refractivity (Wildman–Crippen MR) is 86.7 cm³/mol. The smallest absolute Gasteiger partial charge is 0.169 e. The van der Waals surface area contributed by atoms with Crippen molar-refractivity contribution in [2.24, 2.45) is 0 Å². The topological polar surface area (TPSA) is 43.9 Å². The third-order valence-corrected chi connectivity index (χ3v) is 4.77. The number of aromatic nitrogens is 3. The number of hydrogen-bond donors (Lipinski definition) is 0. The Balaban J connectivity index is 1.61. The van der Waals surface area contributed by atoms with Crippen molar-refractivity contribution >= 4 is 11.8 Å². The fraction of sp³-hybridized carbons (Fsp3) is 0.294. The van der Waals surface area contributed by atoms with Crippen molar-refractivity contribution in [3.8, 4) is 11.3 Å². The lowest BCUT2D eigenvalue weighted by Gasteiger charge is -2.10. The van der Waals surface area contributed by atoms with Gasteiger partial charge in [-0.25, -0.2) is 4.98 Å². The second kappa shape index (κ2) is 5.65. The Morgan fingerprint density at radius 2 is 2.09 bits per heavy atom. The van der Waals surface area contributed by atoms with E-state index in [1.54, 1.807) is 11.8 Å². The van der Waals surface area contributed by atoms with Gasteiger partial charge in [0.05, 0.1) is 17.6 Å². The van der Waals surface area contributed by atoms with E-state index in [4.69, 9.17) is 4.52 Å². The molecule has 5 heteroatoms. The van der Waals surface area contributed by atoms with Crippen LogP contribution in [-0.2, 0) is 5.75 Å². The van der Waals surface area contributed by atoms with Crippen LogP contribution in [0.3, 0.4) is 0 Å². The fourth-order valence-corrected chi connectivity index (χ4v) is 3.51. The van der Waals surface area contributed by atoms with E-state index in [2.05, 4.69) is 39.0 Å². The van der Waals surface area contributed by atoms with Crippen LogP contribution in [0.5, 0.6) is 0 Å². The first kappa shape index (κ1) is 13.6. The minimum atomic E-state index is 0.597. The lowest BCUT2D eigenvalue weighted by atomic mass is 10.2. The average Bonchev–Trinajstić information content (AvgIpc) is 3.16. The molecule has 112 valence electrons. The molecule has 2 heterocycles.